The minimum Gasteiger partial charge on any atom is -0.295 e. The Kier molecular flexibility index (Phi) is 5.12. The monoisotopic (exact) mass is 422 g/mol. The van der Waals surface area contributed by atoms with E-state index >= 15 is 0 Å². The standard InChI is InChI=1S/C21H18N4O2S2/c1-12-9-10-17(29-12)16-11-28-21(22-16)23-20(27)19(26)18-13(2)24-25(14(18)3)15-7-5-4-6-8-15/h4-11H,1-3H3,(H,22,23,27). The van der Waals surface area contributed by atoms with Gasteiger partial charge in [-0.1, -0.05) is 18.2 Å². The molecule has 0 aliphatic rings. The van der Waals surface area contributed by atoms with Gasteiger partial charge in [0, 0.05) is 10.3 Å². The molecule has 3 heterocycles. The highest BCUT2D eigenvalue weighted by Crippen LogP contribution is 2.30. The Labute approximate surface area is 175 Å². The molecule has 6 nitrogen and oxygen atoms in total. The van der Waals surface area contributed by atoms with Crippen LogP contribution in [0.5, 0.6) is 0 Å². The molecule has 0 saturated carbocycles. The Balaban J connectivity index is 1.55. The van der Waals surface area contributed by atoms with Gasteiger partial charge in [0.05, 0.1) is 33.2 Å². The number of benzene rings is 1. The van der Waals surface area contributed by atoms with Crippen LogP contribution in [0, 0.1) is 20.8 Å². The van der Waals surface area contributed by atoms with Crippen molar-refractivity contribution in [3.63, 3.8) is 0 Å². The molecular formula is C21H18N4O2S2. The van der Waals surface area contributed by atoms with Crippen LogP contribution in [0.3, 0.4) is 0 Å². The molecule has 1 amide bonds. The van der Waals surface area contributed by atoms with Crippen molar-refractivity contribution >= 4 is 39.5 Å². The van der Waals surface area contributed by atoms with E-state index in [0.717, 1.165) is 16.3 Å². The van der Waals surface area contributed by atoms with Crippen LogP contribution >= 0.6 is 22.7 Å². The van der Waals surface area contributed by atoms with Gasteiger partial charge in [0.1, 0.15) is 0 Å². The molecule has 0 saturated heterocycles. The summed E-state index contributed by atoms with van der Waals surface area (Å²) in [6.07, 6.45) is 0. The number of hydrogen-bond acceptors (Lipinski definition) is 6. The summed E-state index contributed by atoms with van der Waals surface area (Å²) in [5.74, 6) is -1.34. The summed E-state index contributed by atoms with van der Waals surface area (Å²) >= 11 is 2.93. The Morgan fingerprint density at radius 2 is 1.79 bits per heavy atom. The van der Waals surface area contributed by atoms with Gasteiger partial charge in [-0.05, 0) is 45.0 Å². The molecule has 0 atom stereocenters. The van der Waals surface area contributed by atoms with Crippen LogP contribution in [0.2, 0.25) is 0 Å². The van der Waals surface area contributed by atoms with Crippen molar-refractivity contribution in [2.75, 3.05) is 5.32 Å². The van der Waals surface area contributed by atoms with Gasteiger partial charge >= 0.3 is 0 Å². The summed E-state index contributed by atoms with van der Waals surface area (Å²) in [5, 5.41) is 9.34. The van der Waals surface area contributed by atoms with E-state index in [1.807, 2.05) is 54.8 Å². The number of aryl methyl sites for hydroxylation is 2. The van der Waals surface area contributed by atoms with Crippen molar-refractivity contribution in [3.05, 3.63) is 69.7 Å². The quantitative estimate of drug-likeness (QED) is 0.370. The lowest BCUT2D eigenvalue weighted by atomic mass is 10.1. The number of amides is 1. The van der Waals surface area contributed by atoms with Gasteiger partial charge in [0.25, 0.3) is 11.7 Å². The van der Waals surface area contributed by atoms with Gasteiger partial charge in [-0.3, -0.25) is 14.9 Å². The Bertz CT molecular complexity index is 1200. The van der Waals surface area contributed by atoms with Crippen LogP contribution in [-0.2, 0) is 4.79 Å². The summed E-state index contributed by atoms with van der Waals surface area (Å²) in [6.45, 7) is 5.55. The number of rotatable bonds is 5. The van der Waals surface area contributed by atoms with Crippen molar-refractivity contribution in [2.45, 2.75) is 20.8 Å². The second kappa shape index (κ2) is 7.73. The number of ketones is 1. The third-order valence-electron chi connectivity index (χ3n) is 4.44. The van der Waals surface area contributed by atoms with Gasteiger partial charge < -0.3 is 0 Å². The van der Waals surface area contributed by atoms with E-state index in [1.54, 1.807) is 29.9 Å². The Morgan fingerprint density at radius 1 is 1.03 bits per heavy atom. The van der Waals surface area contributed by atoms with Crippen molar-refractivity contribution in [2.24, 2.45) is 0 Å². The third-order valence-corrected chi connectivity index (χ3v) is 6.22. The molecule has 1 aromatic carbocycles. The molecule has 29 heavy (non-hydrogen) atoms. The molecule has 4 rings (SSSR count). The fourth-order valence-electron chi connectivity index (χ4n) is 3.08. The normalized spacial score (nSPS) is 10.9. The number of hydrogen-bond donors (Lipinski definition) is 1. The average Bonchev–Trinajstić information content (AvgIpc) is 3.41. The largest absolute Gasteiger partial charge is 0.298 e. The van der Waals surface area contributed by atoms with E-state index in [9.17, 15) is 9.59 Å². The number of Topliss-reactive ketones (excluding diaryl/α,β-unsaturated/α-hetero) is 1. The molecule has 0 unspecified atom stereocenters. The number of carbonyl (C=O) groups excluding carboxylic acids is 2. The maximum Gasteiger partial charge on any atom is 0.298 e. The van der Waals surface area contributed by atoms with E-state index in [-0.39, 0.29) is 0 Å². The second-order valence-corrected chi connectivity index (χ2v) is 8.67. The maximum absolute atomic E-state index is 12.8. The number of nitrogens with one attached hydrogen (secondary N) is 1. The summed E-state index contributed by atoms with van der Waals surface area (Å²) in [7, 11) is 0. The molecule has 146 valence electrons. The van der Waals surface area contributed by atoms with E-state index < -0.39 is 11.7 Å². The number of para-hydroxylation sites is 1. The minimum atomic E-state index is -0.716. The molecule has 0 aliphatic heterocycles. The zero-order chi connectivity index (χ0) is 20.5. The summed E-state index contributed by atoms with van der Waals surface area (Å²) in [6, 6.07) is 13.5. The first-order valence-electron chi connectivity index (χ1n) is 8.93. The fraction of sp³-hybridized carbons (Fsp3) is 0.143. The number of carbonyl (C=O) groups is 2. The predicted octanol–water partition coefficient (Wildman–Crippen LogP) is 4.80. The highest BCUT2D eigenvalue weighted by atomic mass is 32.1. The first-order chi connectivity index (χ1) is 13.9. The summed E-state index contributed by atoms with van der Waals surface area (Å²) in [4.78, 5) is 32.1. The molecule has 1 N–H and O–H groups in total. The first kappa shape index (κ1) is 19.2. The summed E-state index contributed by atoms with van der Waals surface area (Å²) < 4.78 is 1.68. The zero-order valence-electron chi connectivity index (χ0n) is 16.1. The highest BCUT2D eigenvalue weighted by Gasteiger charge is 2.26. The molecule has 0 bridgehead atoms. The number of nitrogens with zero attached hydrogens (tertiary/aromatic N) is 3. The molecule has 3 aromatic heterocycles. The Morgan fingerprint density at radius 3 is 2.48 bits per heavy atom. The van der Waals surface area contributed by atoms with E-state index in [0.29, 0.717) is 22.1 Å². The van der Waals surface area contributed by atoms with Crippen molar-refractivity contribution in [3.8, 4) is 16.3 Å². The second-order valence-electron chi connectivity index (χ2n) is 6.52. The number of anilines is 1. The van der Waals surface area contributed by atoms with Crippen LogP contribution in [0.25, 0.3) is 16.3 Å². The smallest absolute Gasteiger partial charge is 0.295 e. The predicted molar refractivity (Wildman–Crippen MR) is 116 cm³/mol. The lowest BCUT2D eigenvalue weighted by Crippen LogP contribution is -2.24. The molecule has 4 aromatic rings. The van der Waals surface area contributed by atoms with Crippen molar-refractivity contribution < 1.29 is 9.59 Å². The van der Waals surface area contributed by atoms with Gasteiger partial charge in [-0.15, -0.1) is 22.7 Å². The van der Waals surface area contributed by atoms with Crippen LogP contribution in [-0.4, -0.2) is 26.5 Å². The molecule has 0 spiro atoms. The molecule has 0 radical (unpaired) electrons. The van der Waals surface area contributed by atoms with Gasteiger partial charge in [-0.2, -0.15) is 5.10 Å². The lowest BCUT2D eigenvalue weighted by Gasteiger charge is -2.05. The number of thiophene rings is 1. The average molecular weight is 423 g/mol. The Hall–Kier alpha value is -3.10. The molecule has 8 heteroatoms. The van der Waals surface area contributed by atoms with Crippen LogP contribution in [0.4, 0.5) is 5.13 Å². The van der Waals surface area contributed by atoms with Crippen molar-refractivity contribution in [1.29, 1.82) is 0 Å². The fourth-order valence-corrected chi connectivity index (χ4v) is 4.68. The topological polar surface area (TPSA) is 76.9 Å². The zero-order valence-corrected chi connectivity index (χ0v) is 17.7. The van der Waals surface area contributed by atoms with Gasteiger partial charge in [0.15, 0.2) is 5.13 Å². The molecular weight excluding hydrogens is 404 g/mol. The number of thiazole rings is 1. The number of aromatic nitrogens is 3. The van der Waals surface area contributed by atoms with Gasteiger partial charge in [-0.25, -0.2) is 9.67 Å². The highest BCUT2D eigenvalue weighted by molar-refractivity contribution is 7.17. The minimum absolute atomic E-state index is 0.317. The lowest BCUT2D eigenvalue weighted by molar-refractivity contribution is -0.112. The first-order valence-corrected chi connectivity index (χ1v) is 10.6. The van der Waals surface area contributed by atoms with Crippen LogP contribution in [0.1, 0.15) is 26.6 Å². The maximum atomic E-state index is 12.8. The van der Waals surface area contributed by atoms with E-state index in [1.165, 1.54) is 16.2 Å². The van der Waals surface area contributed by atoms with Crippen LogP contribution < -0.4 is 5.32 Å². The van der Waals surface area contributed by atoms with E-state index in [4.69, 9.17) is 0 Å². The van der Waals surface area contributed by atoms with Crippen molar-refractivity contribution in [1.82, 2.24) is 14.8 Å². The summed E-state index contributed by atoms with van der Waals surface area (Å²) in [5.41, 5.74) is 3.09. The van der Waals surface area contributed by atoms with E-state index in [2.05, 4.69) is 15.4 Å². The van der Waals surface area contributed by atoms with Crippen LogP contribution in [0.15, 0.2) is 47.8 Å². The van der Waals surface area contributed by atoms with Gasteiger partial charge in [0.2, 0.25) is 0 Å². The molecule has 0 fully saturated rings. The SMILES string of the molecule is Cc1ccc(-c2csc(NC(=O)C(=O)c3c(C)nn(-c4ccccc4)c3C)n2)s1. The molecule has 0 aliphatic carbocycles. The third kappa shape index (κ3) is 3.76.